The molecule has 0 spiro atoms. The van der Waals surface area contributed by atoms with Crippen LogP contribution >= 0.6 is 51.1 Å². The van der Waals surface area contributed by atoms with Gasteiger partial charge in [0.1, 0.15) is 4.99 Å². The van der Waals surface area contributed by atoms with Crippen molar-refractivity contribution in [1.82, 2.24) is 0 Å². The van der Waals surface area contributed by atoms with Gasteiger partial charge < -0.3 is 10.6 Å². The molecule has 1 heterocycles. The van der Waals surface area contributed by atoms with Gasteiger partial charge in [0.25, 0.3) is 0 Å². The summed E-state index contributed by atoms with van der Waals surface area (Å²) in [5, 5.41) is 2.76. The third-order valence-electron chi connectivity index (χ3n) is 2.68. The number of thiocarbonyl (C=S) groups is 1. The average molecular weight is 376 g/mol. The predicted molar refractivity (Wildman–Crippen MR) is 91.5 cm³/mol. The minimum atomic E-state index is 0.357. The van der Waals surface area contributed by atoms with Crippen LogP contribution in [0.3, 0.4) is 0 Å². The molecule has 6 heteroatoms. The van der Waals surface area contributed by atoms with E-state index in [1.807, 2.05) is 19.2 Å². The highest BCUT2D eigenvalue weighted by atomic mass is 79.9. The van der Waals surface area contributed by atoms with E-state index in [4.69, 9.17) is 29.6 Å². The molecular formula is C13H12BrClN2S2. The molecule has 1 aromatic carbocycles. The van der Waals surface area contributed by atoms with Gasteiger partial charge in [-0.25, -0.2) is 0 Å². The van der Waals surface area contributed by atoms with Crippen LogP contribution in [0.15, 0.2) is 33.4 Å². The highest BCUT2D eigenvalue weighted by Crippen LogP contribution is 2.27. The van der Waals surface area contributed by atoms with E-state index in [0.717, 1.165) is 21.6 Å². The van der Waals surface area contributed by atoms with Crippen molar-refractivity contribution in [1.29, 1.82) is 0 Å². The van der Waals surface area contributed by atoms with Crippen molar-refractivity contribution >= 4 is 61.8 Å². The summed E-state index contributed by atoms with van der Waals surface area (Å²) in [6.07, 6.45) is 0. The van der Waals surface area contributed by atoms with Crippen LogP contribution in [0.2, 0.25) is 5.02 Å². The van der Waals surface area contributed by atoms with Crippen LogP contribution in [0.4, 0.5) is 5.69 Å². The Morgan fingerprint density at radius 2 is 2.21 bits per heavy atom. The molecular weight excluding hydrogens is 364 g/mol. The van der Waals surface area contributed by atoms with E-state index < -0.39 is 0 Å². The van der Waals surface area contributed by atoms with Crippen LogP contribution in [-0.2, 0) is 6.54 Å². The zero-order chi connectivity index (χ0) is 14.0. The molecule has 2 aromatic rings. The second-order valence-electron chi connectivity index (χ2n) is 4.14. The number of thiophene rings is 1. The molecule has 0 aliphatic heterocycles. The molecule has 0 radical (unpaired) electrons. The number of hydrogen-bond donors (Lipinski definition) is 1. The Morgan fingerprint density at radius 1 is 1.47 bits per heavy atom. The van der Waals surface area contributed by atoms with Gasteiger partial charge in [-0.1, -0.05) is 23.8 Å². The molecule has 0 saturated carbocycles. The first-order valence-corrected chi connectivity index (χ1v) is 7.96. The molecule has 0 fully saturated rings. The Bertz CT molecular complexity index is 612. The lowest BCUT2D eigenvalue weighted by Gasteiger charge is -2.22. The summed E-state index contributed by atoms with van der Waals surface area (Å²) in [6, 6.07) is 7.70. The zero-order valence-electron chi connectivity index (χ0n) is 10.2. The lowest BCUT2D eigenvalue weighted by Crippen LogP contribution is -2.21. The minimum Gasteiger partial charge on any atom is -0.389 e. The summed E-state index contributed by atoms with van der Waals surface area (Å²) < 4.78 is 1.13. The maximum absolute atomic E-state index is 5.99. The van der Waals surface area contributed by atoms with Crippen molar-refractivity contribution in [2.45, 2.75) is 6.54 Å². The van der Waals surface area contributed by atoms with E-state index >= 15 is 0 Å². The SMILES string of the molecule is CN(Cc1csc(Br)c1)c1ccc(Cl)cc1C(N)=S. The van der Waals surface area contributed by atoms with Gasteiger partial charge in [0.2, 0.25) is 0 Å². The van der Waals surface area contributed by atoms with E-state index in [2.05, 4.69) is 32.3 Å². The first-order chi connectivity index (χ1) is 8.97. The Kier molecular flexibility index (Phi) is 4.84. The van der Waals surface area contributed by atoms with Gasteiger partial charge in [0.15, 0.2) is 0 Å². The third-order valence-corrected chi connectivity index (χ3v) is 4.69. The van der Waals surface area contributed by atoms with Crippen LogP contribution in [-0.4, -0.2) is 12.0 Å². The van der Waals surface area contributed by atoms with E-state index in [1.165, 1.54) is 5.56 Å². The van der Waals surface area contributed by atoms with Crippen molar-refractivity contribution in [2.24, 2.45) is 5.73 Å². The normalized spacial score (nSPS) is 10.5. The molecule has 0 aliphatic rings. The van der Waals surface area contributed by atoms with Crippen LogP contribution in [0.25, 0.3) is 0 Å². The zero-order valence-corrected chi connectivity index (χ0v) is 14.2. The van der Waals surface area contributed by atoms with Gasteiger partial charge in [-0.3, -0.25) is 0 Å². The molecule has 0 unspecified atom stereocenters. The quantitative estimate of drug-likeness (QED) is 0.801. The lowest BCUT2D eigenvalue weighted by molar-refractivity contribution is 0.926. The van der Waals surface area contributed by atoms with E-state index in [0.29, 0.717) is 10.0 Å². The number of anilines is 1. The van der Waals surface area contributed by atoms with Gasteiger partial charge in [-0.2, -0.15) is 0 Å². The Labute approximate surface area is 135 Å². The van der Waals surface area contributed by atoms with Gasteiger partial charge >= 0.3 is 0 Å². The van der Waals surface area contributed by atoms with Gasteiger partial charge in [-0.05, 0) is 51.1 Å². The standard InChI is InChI=1S/C13H12BrClN2S2/c1-17(6-8-4-12(14)19-7-8)11-3-2-9(15)5-10(11)13(16)18/h2-5,7H,6H2,1H3,(H2,16,18). The van der Waals surface area contributed by atoms with Crippen molar-refractivity contribution in [3.8, 4) is 0 Å². The Balaban J connectivity index is 2.28. The molecule has 100 valence electrons. The van der Waals surface area contributed by atoms with E-state index in [9.17, 15) is 0 Å². The molecule has 0 atom stereocenters. The molecule has 0 saturated heterocycles. The molecule has 19 heavy (non-hydrogen) atoms. The number of nitrogens with two attached hydrogens (primary N) is 1. The predicted octanol–water partition coefficient (Wildman–Crippen LogP) is 4.43. The number of halogens is 2. The largest absolute Gasteiger partial charge is 0.389 e. The molecule has 2 N–H and O–H groups in total. The fourth-order valence-corrected chi connectivity index (χ4v) is 3.36. The molecule has 2 rings (SSSR count). The monoisotopic (exact) mass is 374 g/mol. The number of nitrogens with zero attached hydrogens (tertiary/aromatic N) is 1. The number of rotatable bonds is 4. The second kappa shape index (κ2) is 6.22. The van der Waals surface area contributed by atoms with Crippen LogP contribution in [0, 0.1) is 0 Å². The maximum Gasteiger partial charge on any atom is 0.106 e. The van der Waals surface area contributed by atoms with Gasteiger partial charge in [0, 0.05) is 29.9 Å². The summed E-state index contributed by atoms with van der Waals surface area (Å²) in [6.45, 7) is 0.791. The summed E-state index contributed by atoms with van der Waals surface area (Å²) in [5.41, 5.74) is 8.79. The van der Waals surface area contributed by atoms with Crippen molar-refractivity contribution in [2.75, 3.05) is 11.9 Å². The van der Waals surface area contributed by atoms with Crippen LogP contribution < -0.4 is 10.6 Å². The summed E-state index contributed by atoms with van der Waals surface area (Å²) in [5.74, 6) is 0. The maximum atomic E-state index is 5.99. The van der Waals surface area contributed by atoms with Gasteiger partial charge in [-0.15, -0.1) is 11.3 Å². The lowest BCUT2D eigenvalue weighted by atomic mass is 10.1. The fourth-order valence-electron chi connectivity index (χ4n) is 1.83. The average Bonchev–Trinajstić information content (AvgIpc) is 2.74. The van der Waals surface area contributed by atoms with E-state index in [1.54, 1.807) is 17.4 Å². The van der Waals surface area contributed by atoms with Gasteiger partial charge in [0.05, 0.1) is 3.79 Å². The highest BCUT2D eigenvalue weighted by Gasteiger charge is 2.11. The third kappa shape index (κ3) is 3.69. The van der Waals surface area contributed by atoms with Crippen LogP contribution in [0.5, 0.6) is 0 Å². The summed E-state index contributed by atoms with van der Waals surface area (Å²) in [4.78, 5) is 2.47. The molecule has 1 aromatic heterocycles. The summed E-state index contributed by atoms with van der Waals surface area (Å²) >= 11 is 16.2. The first-order valence-electron chi connectivity index (χ1n) is 5.51. The van der Waals surface area contributed by atoms with Crippen molar-refractivity contribution in [3.05, 3.63) is 49.6 Å². The molecule has 0 aliphatic carbocycles. The topological polar surface area (TPSA) is 29.3 Å². The van der Waals surface area contributed by atoms with Crippen molar-refractivity contribution in [3.63, 3.8) is 0 Å². The molecule has 0 bridgehead atoms. The Morgan fingerprint density at radius 3 is 2.79 bits per heavy atom. The smallest absolute Gasteiger partial charge is 0.106 e. The summed E-state index contributed by atoms with van der Waals surface area (Å²) in [7, 11) is 2.01. The van der Waals surface area contributed by atoms with Crippen LogP contribution in [0.1, 0.15) is 11.1 Å². The fraction of sp³-hybridized carbons (Fsp3) is 0.154. The molecule has 0 amide bonds. The second-order valence-corrected chi connectivity index (χ2v) is 7.31. The molecule has 2 nitrogen and oxygen atoms in total. The minimum absolute atomic E-state index is 0.357. The van der Waals surface area contributed by atoms with Crippen molar-refractivity contribution < 1.29 is 0 Å². The first kappa shape index (κ1) is 14.8. The number of hydrogen-bond acceptors (Lipinski definition) is 3. The number of benzene rings is 1. The van der Waals surface area contributed by atoms with E-state index in [-0.39, 0.29) is 0 Å². The Hall–Kier alpha value is -0.620. The highest BCUT2D eigenvalue weighted by molar-refractivity contribution is 9.11.